The van der Waals surface area contributed by atoms with Crippen LogP contribution in [0.3, 0.4) is 0 Å². The predicted molar refractivity (Wildman–Crippen MR) is 54.8 cm³/mol. The quantitative estimate of drug-likeness (QED) is 0.791. The third-order valence-corrected chi connectivity index (χ3v) is 2.07. The molecule has 0 saturated heterocycles. The molecule has 16 heavy (non-hydrogen) atoms. The SMILES string of the molecule is O=C(CCc1ccc(F)cc1F)NCCO. The van der Waals surface area contributed by atoms with Crippen molar-refractivity contribution < 1.29 is 18.7 Å². The molecule has 0 fully saturated rings. The lowest BCUT2D eigenvalue weighted by Crippen LogP contribution is -2.26. The van der Waals surface area contributed by atoms with E-state index in [1.807, 2.05) is 0 Å². The van der Waals surface area contributed by atoms with Crippen molar-refractivity contribution in [1.82, 2.24) is 5.32 Å². The van der Waals surface area contributed by atoms with Crippen LogP contribution in [0, 0.1) is 11.6 Å². The highest BCUT2D eigenvalue weighted by molar-refractivity contribution is 5.76. The minimum Gasteiger partial charge on any atom is -0.395 e. The minimum atomic E-state index is -0.644. The third kappa shape index (κ3) is 3.94. The molecule has 0 unspecified atom stereocenters. The second-order valence-corrected chi connectivity index (χ2v) is 3.31. The van der Waals surface area contributed by atoms with E-state index in [1.165, 1.54) is 6.07 Å². The number of carbonyl (C=O) groups excluding carboxylic acids is 1. The Morgan fingerprint density at radius 3 is 2.75 bits per heavy atom. The Morgan fingerprint density at radius 2 is 2.12 bits per heavy atom. The van der Waals surface area contributed by atoms with Crippen LogP contribution in [0.1, 0.15) is 12.0 Å². The molecule has 0 spiro atoms. The average molecular weight is 229 g/mol. The van der Waals surface area contributed by atoms with Crippen molar-refractivity contribution in [3.05, 3.63) is 35.4 Å². The molecule has 0 aliphatic carbocycles. The molecule has 88 valence electrons. The highest BCUT2D eigenvalue weighted by Crippen LogP contribution is 2.11. The molecule has 0 saturated carbocycles. The molecule has 0 radical (unpaired) electrons. The van der Waals surface area contributed by atoms with Crippen LogP contribution in [0.5, 0.6) is 0 Å². The van der Waals surface area contributed by atoms with E-state index in [4.69, 9.17) is 5.11 Å². The number of halogens is 2. The molecule has 1 amide bonds. The van der Waals surface area contributed by atoms with E-state index in [1.54, 1.807) is 0 Å². The Hall–Kier alpha value is -1.49. The monoisotopic (exact) mass is 229 g/mol. The molecule has 0 aliphatic rings. The normalized spacial score (nSPS) is 10.2. The lowest BCUT2D eigenvalue weighted by Gasteiger charge is -2.04. The third-order valence-electron chi connectivity index (χ3n) is 2.07. The first kappa shape index (κ1) is 12.6. The van der Waals surface area contributed by atoms with Crippen molar-refractivity contribution in [3.63, 3.8) is 0 Å². The lowest BCUT2D eigenvalue weighted by molar-refractivity contribution is -0.121. The predicted octanol–water partition coefficient (Wildman–Crippen LogP) is 1.01. The number of aliphatic hydroxyl groups excluding tert-OH is 1. The number of hydrogen-bond acceptors (Lipinski definition) is 2. The molecule has 3 nitrogen and oxygen atoms in total. The summed E-state index contributed by atoms with van der Waals surface area (Å²) < 4.78 is 25.7. The number of aryl methyl sites for hydroxylation is 1. The highest BCUT2D eigenvalue weighted by Gasteiger charge is 2.06. The minimum absolute atomic E-state index is 0.114. The molecule has 0 bridgehead atoms. The van der Waals surface area contributed by atoms with Crippen molar-refractivity contribution in [3.8, 4) is 0 Å². The van der Waals surface area contributed by atoms with Gasteiger partial charge >= 0.3 is 0 Å². The summed E-state index contributed by atoms with van der Waals surface area (Å²) in [5, 5.41) is 10.9. The van der Waals surface area contributed by atoms with E-state index in [2.05, 4.69) is 5.32 Å². The van der Waals surface area contributed by atoms with E-state index in [0.29, 0.717) is 5.56 Å². The zero-order chi connectivity index (χ0) is 12.0. The van der Waals surface area contributed by atoms with Gasteiger partial charge in [-0.2, -0.15) is 0 Å². The van der Waals surface area contributed by atoms with Crippen LogP contribution >= 0.6 is 0 Å². The van der Waals surface area contributed by atoms with Gasteiger partial charge in [-0.1, -0.05) is 6.07 Å². The molecule has 0 atom stereocenters. The van der Waals surface area contributed by atoms with Gasteiger partial charge in [-0.3, -0.25) is 4.79 Å². The van der Waals surface area contributed by atoms with E-state index in [0.717, 1.165) is 12.1 Å². The van der Waals surface area contributed by atoms with Crippen molar-refractivity contribution in [2.75, 3.05) is 13.2 Å². The maximum Gasteiger partial charge on any atom is 0.220 e. The summed E-state index contributed by atoms with van der Waals surface area (Å²) in [4.78, 5) is 11.1. The van der Waals surface area contributed by atoms with Gasteiger partial charge in [-0.25, -0.2) is 8.78 Å². The molecule has 1 aromatic carbocycles. The van der Waals surface area contributed by atoms with Crippen LogP contribution in [-0.4, -0.2) is 24.2 Å². The van der Waals surface area contributed by atoms with E-state index >= 15 is 0 Å². The summed E-state index contributed by atoms with van der Waals surface area (Å²) in [6.07, 6.45) is 0.325. The molecule has 1 rings (SSSR count). The summed E-state index contributed by atoms with van der Waals surface area (Å²) in [5.41, 5.74) is 0.306. The number of hydrogen-bond donors (Lipinski definition) is 2. The zero-order valence-corrected chi connectivity index (χ0v) is 8.67. The summed E-state index contributed by atoms with van der Waals surface area (Å²) >= 11 is 0. The fourth-order valence-electron chi connectivity index (χ4n) is 1.26. The van der Waals surface area contributed by atoms with Gasteiger partial charge in [0.15, 0.2) is 0 Å². The Morgan fingerprint density at radius 1 is 1.38 bits per heavy atom. The first-order chi connectivity index (χ1) is 7.63. The van der Waals surface area contributed by atoms with Crippen molar-refractivity contribution in [1.29, 1.82) is 0 Å². The first-order valence-electron chi connectivity index (χ1n) is 4.95. The Bertz CT molecular complexity index is 369. The van der Waals surface area contributed by atoms with Gasteiger partial charge in [-0.05, 0) is 18.1 Å². The summed E-state index contributed by atoms with van der Waals surface area (Å²) in [6.45, 7) is 0.0569. The Labute approximate surface area is 92.1 Å². The number of nitrogens with one attached hydrogen (secondary N) is 1. The Kier molecular flexibility index (Phi) is 4.85. The molecular weight excluding hydrogens is 216 g/mol. The molecule has 1 aromatic rings. The van der Waals surface area contributed by atoms with Crippen molar-refractivity contribution in [2.45, 2.75) is 12.8 Å². The van der Waals surface area contributed by atoms with Crippen molar-refractivity contribution >= 4 is 5.91 Å². The average Bonchev–Trinajstić information content (AvgIpc) is 2.25. The molecule has 0 aromatic heterocycles. The second kappa shape index (κ2) is 6.17. The highest BCUT2D eigenvalue weighted by atomic mass is 19.1. The fourth-order valence-corrected chi connectivity index (χ4v) is 1.26. The number of benzene rings is 1. The van der Waals surface area contributed by atoms with Crippen LogP contribution in [0.4, 0.5) is 8.78 Å². The number of rotatable bonds is 5. The van der Waals surface area contributed by atoms with E-state index < -0.39 is 11.6 Å². The fraction of sp³-hybridized carbons (Fsp3) is 0.364. The molecule has 2 N–H and O–H groups in total. The van der Waals surface area contributed by atoms with Gasteiger partial charge < -0.3 is 10.4 Å². The number of amides is 1. The first-order valence-corrected chi connectivity index (χ1v) is 4.95. The topological polar surface area (TPSA) is 49.3 Å². The number of aliphatic hydroxyl groups is 1. The second-order valence-electron chi connectivity index (χ2n) is 3.31. The lowest BCUT2D eigenvalue weighted by atomic mass is 10.1. The van der Waals surface area contributed by atoms with Crippen LogP contribution in [0.25, 0.3) is 0 Å². The summed E-state index contributed by atoms with van der Waals surface area (Å²) in [6, 6.07) is 3.27. The van der Waals surface area contributed by atoms with Crippen LogP contribution in [0.15, 0.2) is 18.2 Å². The zero-order valence-electron chi connectivity index (χ0n) is 8.67. The van der Waals surface area contributed by atoms with Crippen molar-refractivity contribution in [2.24, 2.45) is 0 Å². The van der Waals surface area contributed by atoms with E-state index in [-0.39, 0.29) is 31.9 Å². The van der Waals surface area contributed by atoms with Crippen LogP contribution in [-0.2, 0) is 11.2 Å². The van der Waals surface area contributed by atoms with Crippen LogP contribution in [0.2, 0.25) is 0 Å². The van der Waals surface area contributed by atoms with Gasteiger partial charge in [0.25, 0.3) is 0 Å². The summed E-state index contributed by atoms with van der Waals surface area (Å²) in [5.74, 6) is -1.54. The van der Waals surface area contributed by atoms with Gasteiger partial charge in [0, 0.05) is 19.0 Å². The molecular formula is C11H13F2NO2. The van der Waals surface area contributed by atoms with Gasteiger partial charge in [0.1, 0.15) is 11.6 Å². The van der Waals surface area contributed by atoms with Gasteiger partial charge in [0.2, 0.25) is 5.91 Å². The standard InChI is InChI=1S/C11H13F2NO2/c12-9-3-1-8(10(13)7-9)2-4-11(16)14-5-6-15/h1,3,7,15H,2,4-6H2,(H,14,16). The smallest absolute Gasteiger partial charge is 0.220 e. The van der Waals surface area contributed by atoms with Gasteiger partial charge in [0.05, 0.1) is 6.61 Å². The number of carbonyl (C=O) groups is 1. The largest absolute Gasteiger partial charge is 0.395 e. The maximum atomic E-state index is 13.1. The van der Waals surface area contributed by atoms with Gasteiger partial charge in [-0.15, -0.1) is 0 Å². The van der Waals surface area contributed by atoms with Crippen LogP contribution < -0.4 is 5.32 Å². The Balaban J connectivity index is 2.45. The molecule has 0 aliphatic heterocycles. The maximum absolute atomic E-state index is 13.1. The van der Waals surface area contributed by atoms with E-state index in [9.17, 15) is 13.6 Å². The summed E-state index contributed by atoms with van der Waals surface area (Å²) in [7, 11) is 0. The molecule has 5 heteroatoms. The molecule has 0 heterocycles.